The highest BCUT2D eigenvalue weighted by atomic mass is 15.1. The van der Waals surface area contributed by atoms with Crippen LogP contribution in [0.25, 0.3) is 0 Å². The van der Waals surface area contributed by atoms with Crippen molar-refractivity contribution in [2.24, 2.45) is 0 Å². The van der Waals surface area contributed by atoms with Crippen molar-refractivity contribution >= 4 is 0 Å². The molecule has 0 heterocycles. The molecule has 0 saturated heterocycles. The monoisotopic (exact) mass is 113 g/mol. The maximum absolute atomic E-state index is 2.17. The minimum Gasteiger partial charge on any atom is -0.303 e. The summed E-state index contributed by atoms with van der Waals surface area (Å²) in [6.07, 6.45) is 4.24. The van der Waals surface area contributed by atoms with Crippen LogP contribution in [0.5, 0.6) is 0 Å². The van der Waals surface area contributed by atoms with Gasteiger partial charge >= 0.3 is 0 Å². The Bertz CT molecular complexity index is 74.5. The predicted octanol–water partition coefficient (Wildman–Crippen LogP) is 1.51. The number of allylic oxidation sites excluding steroid dienone is 1. The Morgan fingerprint density at radius 1 is 1.38 bits per heavy atom. The van der Waals surface area contributed by atoms with Gasteiger partial charge in [-0.15, -0.1) is 0 Å². The Morgan fingerprint density at radius 2 is 1.88 bits per heavy atom. The molecule has 48 valence electrons. The quantitative estimate of drug-likeness (QED) is 0.491. The molecular formula is C7H15N. The Labute approximate surface area is 52.0 Å². The zero-order valence-corrected chi connectivity index (χ0v) is 6.18. The van der Waals surface area contributed by atoms with Gasteiger partial charge in [0.25, 0.3) is 0 Å². The van der Waals surface area contributed by atoms with Gasteiger partial charge in [0.05, 0.1) is 0 Å². The second-order valence-electron chi connectivity index (χ2n) is 2.23. The SMILES string of the molecule is CC=CC(C)N(C)C. The van der Waals surface area contributed by atoms with E-state index >= 15 is 0 Å². The van der Waals surface area contributed by atoms with Gasteiger partial charge in [0.1, 0.15) is 0 Å². The van der Waals surface area contributed by atoms with Gasteiger partial charge in [-0.3, -0.25) is 0 Å². The fourth-order valence-electron chi connectivity index (χ4n) is 0.451. The fourth-order valence-corrected chi connectivity index (χ4v) is 0.451. The maximum Gasteiger partial charge on any atom is 0.0243 e. The van der Waals surface area contributed by atoms with Gasteiger partial charge in [0, 0.05) is 6.04 Å². The van der Waals surface area contributed by atoms with E-state index in [9.17, 15) is 0 Å². The molecule has 1 heteroatoms. The second-order valence-corrected chi connectivity index (χ2v) is 2.23. The Kier molecular flexibility index (Phi) is 3.53. The highest BCUT2D eigenvalue weighted by Gasteiger charge is 1.94. The van der Waals surface area contributed by atoms with Gasteiger partial charge < -0.3 is 4.90 Å². The maximum atomic E-state index is 2.17. The first-order valence-corrected chi connectivity index (χ1v) is 2.97. The van der Waals surface area contributed by atoms with Gasteiger partial charge in [-0.25, -0.2) is 0 Å². The van der Waals surface area contributed by atoms with Crippen LogP contribution in [0, 0.1) is 0 Å². The summed E-state index contributed by atoms with van der Waals surface area (Å²) in [6, 6.07) is 0.569. The molecule has 0 spiro atoms. The Hall–Kier alpha value is -0.300. The van der Waals surface area contributed by atoms with E-state index in [-0.39, 0.29) is 0 Å². The highest BCUT2D eigenvalue weighted by molar-refractivity contribution is 4.87. The summed E-state index contributed by atoms with van der Waals surface area (Å²) in [5.74, 6) is 0. The number of likely N-dealkylation sites (N-methyl/N-ethyl adjacent to an activating group) is 1. The lowest BCUT2D eigenvalue weighted by atomic mass is 10.3. The predicted molar refractivity (Wildman–Crippen MR) is 38.0 cm³/mol. The van der Waals surface area contributed by atoms with Crippen LogP contribution in [0.1, 0.15) is 13.8 Å². The van der Waals surface area contributed by atoms with Crippen molar-refractivity contribution in [1.82, 2.24) is 4.90 Å². The Balaban J connectivity index is 3.47. The third kappa shape index (κ3) is 2.80. The van der Waals surface area contributed by atoms with Crippen LogP contribution >= 0.6 is 0 Å². The van der Waals surface area contributed by atoms with Crippen LogP contribution in [0.2, 0.25) is 0 Å². The average molecular weight is 113 g/mol. The van der Waals surface area contributed by atoms with E-state index in [2.05, 4.69) is 38.1 Å². The summed E-state index contributed by atoms with van der Waals surface area (Å²) in [5.41, 5.74) is 0. The lowest BCUT2D eigenvalue weighted by molar-refractivity contribution is 0.364. The number of hydrogen-bond donors (Lipinski definition) is 0. The minimum absolute atomic E-state index is 0.569. The molecule has 1 unspecified atom stereocenters. The number of hydrogen-bond acceptors (Lipinski definition) is 1. The van der Waals surface area contributed by atoms with Crippen molar-refractivity contribution in [1.29, 1.82) is 0 Å². The molecule has 8 heavy (non-hydrogen) atoms. The molecule has 0 fully saturated rings. The lowest BCUT2D eigenvalue weighted by Crippen LogP contribution is -2.21. The van der Waals surface area contributed by atoms with E-state index in [1.165, 1.54) is 0 Å². The Morgan fingerprint density at radius 3 is 2.00 bits per heavy atom. The summed E-state index contributed by atoms with van der Waals surface area (Å²) in [6.45, 7) is 4.21. The molecule has 0 aliphatic carbocycles. The molecule has 0 amide bonds. The lowest BCUT2D eigenvalue weighted by Gasteiger charge is -2.14. The van der Waals surface area contributed by atoms with Gasteiger partial charge in [-0.1, -0.05) is 12.2 Å². The molecule has 0 saturated carbocycles. The van der Waals surface area contributed by atoms with Crippen LogP contribution in [-0.4, -0.2) is 25.0 Å². The van der Waals surface area contributed by atoms with Crippen molar-refractivity contribution in [3.63, 3.8) is 0 Å². The number of rotatable bonds is 2. The zero-order chi connectivity index (χ0) is 6.57. The van der Waals surface area contributed by atoms with E-state index in [0.29, 0.717) is 6.04 Å². The van der Waals surface area contributed by atoms with Gasteiger partial charge in [-0.05, 0) is 27.9 Å². The van der Waals surface area contributed by atoms with Crippen molar-refractivity contribution in [2.75, 3.05) is 14.1 Å². The van der Waals surface area contributed by atoms with Gasteiger partial charge in [0.2, 0.25) is 0 Å². The average Bonchev–Trinajstić information content (AvgIpc) is 1.67. The minimum atomic E-state index is 0.569. The third-order valence-electron chi connectivity index (χ3n) is 1.29. The van der Waals surface area contributed by atoms with Crippen LogP contribution in [0.3, 0.4) is 0 Å². The van der Waals surface area contributed by atoms with Crippen molar-refractivity contribution in [3.8, 4) is 0 Å². The summed E-state index contributed by atoms with van der Waals surface area (Å²) in [7, 11) is 4.15. The molecular weight excluding hydrogens is 98.1 g/mol. The normalized spacial score (nSPS) is 15.6. The molecule has 0 aromatic rings. The smallest absolute Gasteiger partial charge is 0.0243 e. The van der Waals surface area contributed by atoms with Crippen LogP contribution < -0.4 is 0 Å². The van der Waals surface area contributed by atoms with Crippen LogP contribution in [0.15, 0.2) is 12.2 Å². The molecule has 0 bridgehead atoms. The number of nitrogens with zero attached hydrogens (tertiary/aromatic N) is 1. The van der Waals surface area contributed by atoms with Crippen molar-refractivity contribution in [2.45, 2.75) is 19.9 Å². The second kappa shape index (κ2) is 3.67. The van der Waals surface area contributed by atoms with E-state index in [1.54, 1.807) is 0 Å². The van der Waals surface area contributed by atoms with Gasteiger partial charge in [-0.2, -0.15) is 0 Å². The molecule has 0 aliphatic heterocycles. The topological polar surface area (TPSA) is 3.24 Å². The highest BCUT2D eigenvalue weighted by Crippen LogP contribution is 1.91. The molecule has 0 N–H and O–H groups in total. The van der Waals surface area contributed by atoms with E-state index in [0.717, 1.165) is 0 Å². The fraction of sp³-hybridized carbons (Fsp3) is 0.714. The molecule has 0 aromatic carbocycles. The molecule has 0 aliphatic rings. The van der Waals surface area contributed by atoms with Crippen molar-refractivity contribution < 1.29 is 0 Å². The zero-order valence-electron chi connectivity index (χ0n) is 6.18. The largest absolute Gasteiger partial charge is 0.303 e. The van der Waals surface area contributed by atoms with E-state index in [4.69, 9.17) is 0 Å². The van der Waals surface area contributed by atoms with Crippen LogP contribution in [0.4, 0.5) is 0 Å². The molecule has 0 rings (SSSR count). The summed E-state index contributed by atoms with van der Waals surface area (Å²) in [5, 5.41) is 0. The van der Waals surface area contributed by atoms with E-state index < -0.39 is 0 Å². The summed E-state index contributed by atoms with van der Waals surface area (Å²) < 4.78 is 0. The summed E-state index contributed by atoms with van der Waals surface area (Å²) in [4.78, 5) is 2.17. The molecule has 1 atom stereocenters. The first kappa shape index (κ1) is 7.70. The van der Waals surface area contributed by atoms with Gasteiger partial charge in [0.15, 0.2) is 0 Å². The summed E-state index contributed by atoms with van der Waals surface area (Å²) >= 11 is 0. The first-order chi connectivity index (χ1) is 3.68. The molecule has 0 aromatic heterocycles. The van der Waals surface area contributed by atoms with Crippen LogP contribution in [-0.2, 0) is 0 Å². The van der Waals surface area contributed by atoms with Crippen molar-refractivity contribution in [3.05, 3.63) is 12.2 Å². The van der Waals surface area contributed by atoms with E-state index in [1.807, 2.05) is 6.92 Å². The molecule has 1 nitrogen and oxygen atoms in total. The third-order valence-corrected chi connectivity index (χ3v) is 1.29. The first-order valence-electron chi connectivity index (χ1n) is 2.97. The standard InChI is InChI=1S/C7H15N/c1-5-6-7(2)8(3)4/h5-7H,1-4H3. The molecule has 0 radical (unpaired) electrons.